The monoisotopic (exact) mass is 506 g/mol. The summed E-state index contributed by atoms with van der Waals surface area (Å²) in [4.78, 5) is 6.89. The van der Waals surface area contributed by atoms with E-state index < -0.39 is 0 Å². The summed E-state index contributed by atoms with van der Waals surface area (Å²) in [5, 5.41) is 4.55. The number of nitrogens with two attached hydrogens (primary N) is 1. The van der Waals surface area contributed by atoms with E-state index in [1.807, 2.05) is 37.5 Å². The maximum atomic E-state index is 6.39. The van der Waals surface area contributed by atoms with Crippen LogP contribution >= 0.6 is 0 Å². The summed E-state index contributed by atoms with van der Waals surface area (Å²) in [6.45, 7) is 2.86. The number of para-hydroxylation sites is 3. The molecule has 0 aliphatic carbocycles. The molecule has 0 spiro atoms. The number of rotatable bonds is 6. The molecular formula is C33H27BN4O+. The minimum absolute atomic E-state index is 0.835. The van der Waals surface area contributed by atoms with Crippen LogP contribution in [0.5, 0.6) is 0 Å². The normalized spacial score (nSPS) is 12.9. The van der Waals surface area contributed by atoms with Gasteiger partial charge in [-0.2, -0.15) is 0 Å². The molecule has 4 aromatic carbocycles. The van der Waals surface area contributed by atoms with Crippen LogP contribution in [0.3, 0.4) is 0 Å². The molecule has 1 aliphatic heterocycles. The summed E-state index contributed by atoms with van der Waals surface area (Å²) in [5.41, 5.74) is 8.49. The number of furan rings is 1. The Bertz CT molecular complexity index is 1880. The van der Waals surface area contributed by atoms with Crippen LogP contribution in [0.25, 0.3) is 44.5 Å². The number of aromatic nitrogens is 2. The summed E-state index contributed by atoms with van der Waals surface area (Å²) in [6.07, 6.45) is 12.2. The first-order chi connectivity index (χ1) is 19.3. The lowest BCUT2D eigenvalue weighted by Crippen LogP contribution is -2.77. The smallest absolute Gasteiger partial charge is 0.402 e. The van der Waals surface area contributed by atoms with Crippen LogP contribution in [-0.2, 0) is 0 Å². The van der Waals surface area contributed by atoms with Gasteiger partial charge in [0.05, 0.1) is 12.2 Å². The highest BCUT2D eigenvalue weighted by atomic mass is 16.3. The molecule has 1 radical (unpaired) electrons. The van der Waals surface area contributed by atoms with Gasteiger partial charge in [-0.05, 0) is 48.9 Å². The van der Waals surface area contributed by atoms with E-state index in [-0.39, 0.29) is 0 Å². The molecule has 6 aromatic rings. The molecule has 1 aliphatic rings. The van der Waals surface area contributed by atoms with E-state index in [1.165, 1.54) is 0 Å². The van der Waals surface area contributed by atoms with Crippen LogP contribution in [0.15, 0.2) is 126 Å². The lowest BCUT2D eigenvalue weighted by molar-refractivity contribution is -0.560. The third-order valence-electron chi connectivity index (χ3n) is 7.23. The molecule has 187 valence electrons. The molecule has 2 aromatic heterocycles. The Hall–Kier alpha value is -4.81. The fourth-order valence-corrected chi connectivity index (χ4v) is 5.40. The van der Waals surface area contributed by atoms with Crippen molar-refractivity contribution in [1.29, 1.82) is 0 Å². The zero-order valence-electron chi connectivity index (χ0n) is 21.7. The van der Waals surface area contributed by atoms with Crippen molar-refractivity contribution in [2.24, 2.45) is 0 Å². The highest BCUT2D eigenvalue weighted by Gasteiger charge is 2.28. The number of allylic oxidation sites excluding steroid dienone is 3. The van der Waals surface area contributed by atoms with Gasteiger partial charge in [-0.25, -0.2) is 4.98 Å². The number of quaternary nitrogens is 1. The Morgan fingerprint density at radius 2 is 1.72 bits per heavy atom. The van der Waals surface area contributed by atoms with Crippen molar-refractivity contribution >= 4 is 46.6 Å². The lowest BCUT2D eigenvalue weighted by atomic mass is 9.93. The number of imidazole rings is 1. The Morgan fingerprint density at radius 3 is 2.67 bits per heavy atom. The second kappa shape index (κ2) is 9.82. The van der Waals surface area contributed by atoms with E-state index in [0.29, 0.717) is 0 Å². The zero-order chi connectivity index (χ0) is 26.2. The van der Waals surface area contributed by atoms with E-state index >= 15 is 0 Å². The molecule has 0 saturated carbocycles. The third kappa shape index (κ3) is 4.06. The molecule has 2 N–H and O–H groups in total. The van der Waals surface area contributed by atoms with Gasteiger partial charge in [0.15, 0.2) is 5.69 Å². The lowest BCUT2D eigenvalue weighted by Gasteiger charge is -2.31. The summed E-state index contributed by atoms with van der Waals surface area (Å²) in [6, 6.07) is 29.8. The molecule has 39 heavy (non-hydrogen) atoms. The van der Waals surface area contributed by atoms with Gasteiger partial charge in [-0.15, -0.1) is 0 Å². The number of benzene rings is 4. The maximum absolute atomic E-state index is 6.39. The van der Waals surface area contributed by atoms with Gasteiger partial charge in [0.25, 0.3) is 0 Å². The number of hydrogen-bond donors (Lipinski definition) is 1. The van der Waals surface area contributed by atoms with Crippen molar-refractivity contribution < 1.29 is 9.73 Å². The van der Waals surface area contributed by atoms with E-state index in [9.17, 15) is 0 Å². The number of anilines is 2. The number of hydrogen-bond acceptors (Lipinski definition) is 3. The molecule has 3 heterocycles. The van der Waals surface area contributed by atoms with Crippen molar-refractivity contribution in [3.05, 3.63) is 122 Å². The summed E-state index contributed by atoms with van der Waals surface area (Å²) >= 11 is 0. The van der Waals surface area contributed by atoms with E-state index in [0.717, 1.165) is 68.1 Å². The Balaban J connectivity index is 1.38. The first-order valence-corrected chi connectivity index (χ1v) is 13.2. The Labute approximate surface area is 228 Å². The van der Waals surface area contributed by atoms with Crippen LogP contribution < -0.4 is 10.1 Å². The minimum Gasteiger partial charge on any atom is -0.455 e. The van der Waals surface area contributed by atoms with Crippen LogP contribution in [0.4, 0.5) is 17.1 Å². The average Bonchev–Trinajstić information content (AvgIpc) is 3.62. The third-order valence-corrected chi connectivity index (χ3v) is 7.23. The fourth-order valence-electron chi connectivity index (χ4n) is 5.40. The molecule has 0 atom stereocenters. The first-order valence-electron chi connectivity index (χ1n) is 13.2. The minimum atomic E-state index is 0.835. The predicted octanol–water partition coefficient (Wildman–Crippen LogP) is 6.98. The quantitative estimate of drug-likeness (QED) is 0.151. The maximum Gasteiger partial charge on any atom is 0.402 e. The molecule has 0 bridgehead atoms. The number of fused-ring (bicyclic) bond motifs is 6. The first kappa shape index (κ1) is 23.3. The van der Waals surface area contributed by atoms with Crippen LogP contribution in [0, 0.1) is 0 Å². The second-order valence-electron chi connectivity index (χ2n) is 9.61. The fraction of sp³-hybridized carbons (Fsp3) is 0.0606. The van der Waals surface area contributed by atoms with Gasteiger partial charge >= 0.3 is 7.55 Å². The van der Waals surface area contributed by atoms with Gasteiger partial charge in [0.2, 0.25) is 0 Å². The van der Waals surface area contributed by atoms with Crippen molar-refractivity contribution in [3.8, 4) is 22.5 Å². The van der Waals surface area contributed by atoms with Gasteiger partial charge in [0, 0.05) is 46.0 Å². The van der Waals surface area contributed by atoms with Crippen molar-refractivity contribution in [1.82, 2.24) is 9.46 Å². The SMILES string of the molecule is CC=CC=CC[NH2+]c1ccc(-c2cccc3c2oc2ccccc23)cc1N1[B]n2ccnc2-c2ccccc21. The highest BCUT2D eigenvalue weighted by Crippen LogP contribution is 2.42. The molecular weight excluding hydrogens is 479 g/mol. The van der Waals surface area contributed by atoms with Gasteiger partial charge in [0.1, 0.15) is 17.0 Å². The zero-order valence-corrected chi connectivity index (χ0v) is 21.7. The van der Waals surface area contributed by atoms with E-state index in [1.54, 1.807) is 0 Å². The summed E-state index contributed by atoms with van der Waals surface area (Å²) in [5.74, 6) is 0.949. The van der Waals surface area contributed by atoms with Crippen molar-refractivity contribution in [3.63, 3.8) is 0 Å². The Kier molecular flexibility index (Phi) is 5.87. The molecule has 7 rings (SSSR count). The van der Waals surface area contributed by atoms with E-state index in [2.05, 4.69) is 118 Å². The average molecular weight is 506 g/mol. The van der Waals surface area contributed by atoms with Gasteiger partial charge < -0.3 is 19.0 Å². The molecule has 5 nitrogen and oxygen atoms in total. The predicted molar refractivity (Wildman–Crippen MR) is 161 cm³/mol. The Morgan fingerprint density at radius 1 is 0.872 bits per heavy atom. The number of nitrogens with zero attached hydrogens (tertiary/aromatic N) is 3. The van der Waals surface area contributed by atoms with Crippen LogP contribution in [-0.4, -0.2) is 23.6 Å². The van der Waals surface area contributed by atoms with Gasteiger partial charge in [-0.3, -0.25) is 0 Å². The molecule has 0 amide bonds. The summed E-state index contributed by atoms with van der Waals surface area (Å²) in [7, 11) is 2.12. The van der Waals surface area contributed by atoms with Crippen LogP contribution in [0.2, 0.25) is 0 Å². The molecule has 0 unspecified atom stereocenters. The van der Waals surface area contributed by atoms with Crippen LogP contribution in [0.1, 0.15) is 6.92 Å². The summed E-state index contributed by atoms with van der Waals surface area (Å²) < 4.78 is 8.48. The molecule has 0 fully saturated rings. The second-order valence-corrected chi connectivity index (χ2v) is 9.61. The van der Waals surface area contributed by atoms with Gasteiger partial charge in [-0.1, -0.05) is 66.8 Å². The molecule has 0 saturated heterocycles. The van der Waals surface area contributed by atoms with Crippen molar-refractivity contribution in [2.45, 2.75) is 6.92 Å². The highest BCUT2D eigenvalue weighted by molar-refractivity contribution is 6.45. The molecule has 6 heteroatoms. The topological polar surface area (TPSA) is 50.8 Å². The van der Waals surface area contributed by atoms with Crippen molar-refractivity contribution in [2.75, 3.05) is 11.4 Å². The largest absolute Gasteiger partial charge is 0.455 e. The van der Waals surface area contributed by atoms with E-state index in [4.69, 9.17) is 4.42 Å². The standard InChI is InChI=1S/C33H26BN4O/c1-2-3-4-9-19-35-28-18-17-23(24-13-10-14-26-25-11-6-8-16-31(25)39-32(24)26)22-30(28)38-29-15-7-5-12-27(29)33-36-20-21-37(33)34-38/h2-18,20-22,35H,19H2,1H3/p+1.